The maximum atomic E-state index is 12.2. The van der Waals surface area contributed by atoms with Crippen molar-refractivity contribution in [3.05, 3.63) is 33.4 Å². The van der Waals surface area contributed by atoms with Gasteiger partial charge in [-0.3, -0.25) is 4.79 Å². The first-order chi connectivity index (χ1) is 10.7. The van der Waals surface area contributed by atoms with Crippen molar-refractivity contribution < 1.29 is 19.4 Å². The first-order valence-electron chi connectivity index (χ1n) is 7.63. The van der Waals surface area contributed by atoms with Crippen molar-refractivity contribution in [1.29, 1.82) is 0 Å². The van der Waals surface area contributed by atoms with Crippen molar-refractivity contribution in [3.63, 3.8) is 0 Å². The fourth-order valence-corrected chi connectivity index (χ4v) is 3.16. The molecule has 0 bridgehead atoms. The van der Waals surface area contributed by atoms with Gasteiger partial charge in [0.25, 0.3) is 0 Å². The van der Waals surface area contributed by atoms with Crippen LogP contribution in [0, 0.1) is 9.49 Å². The molecular formula is C17H22INO4. The number of carbonyl (C=O) groups is 2. The molecule has 1 N–H and O–H groups in total. The maximum absolute atomic E-state index is 12.2. The minimum Gasteiger partial charge on any atom is -0.481 e. The highest BCUT2D eigenvalue weighted by atomic mass is 127. The number of rotatable bonds is 2. The lowest BCUT2D eigenvalue weighted by Crippen LogP contribution is -2.47. The molecule has 0 aliphatic carbocycles. The average Bonchev–Trinajstić information content (AvgIpc) is 2.45. The fourth-order valence-electron chi connectivity index (χ4n) is 2.80. The number of carboxylic acids is 1. The van der Waals surface area contributed by atoms with Gasteiger partial charge in [0.15, 0.2) is 0 Å². The van der Waals surface area contributed by atoms with Crippen LogP contribution in [0.15, 0.2) is 24.3 Å². The third kappa shape index (κ3) is 4.83. The van der Waals surface area contributed by atoms with Crippen LogP contribution in [-0.2, 0) is 9.53 Å². The first-order valence-corrected chi connectivity index (χ1v) is 8.71. The lowest BCUT2D eigenvalue weighted by Gasteiger charge is -2.37. The highest BCUT2D eigenvalue weighted by Gasteiger charge is 2.38. The lowest BCUT2D eigenvalue weighted by atomic mass is 9.80. The molecule has 1 aliphatic heterocycles. The van der Waals surface area contributed by atoms with Gasteiger partial charge in [0.1, 0.15) is 5.60 Å². The smallest absolute Gasteiger partial charge is 0.410 e. The Bertz CT molecular complexity index is 579. The molecular weight excluding hydrogens is 409 g/mol. The van der Waals surface area contributed by atoms with E-state index < -0.39 is 23.6 Å². The van der Waals surface area contributed by atoms with Crippen molar-refractivity contribution in [2.45, 2.75) is 38.7 Å². The summed E-state index contributed by atoms with van der Waals surface area (Å²) in [6, 6.07) is 7.92. The number of piperidine rings is 1. The standard InChI is InChI=1S/C17H22INO4/c1-17(2,3)23-16(22)19-9-8-13(14(10-19)15(20)21)11-4-6-12(18)7-5-11/h4-7,13-14H,8-10H2,1-3H3,(H,20,21)/t13-,14+/m0/s1. The van der Waals surface area contributed by atoms with Crippen LogP contribution in [0.4, 0.5) is 4.79 Å². The van der Waals surface area contributed by atoms with Gasteiger partial charge < -0.3 is 14.7 Å². The molecule has 1 heterocycles. The molecule has 2 atom stereocenters. The Balaban J connectivity index is 2.13. The summed E-state index contributed by atoms with van der Waals surface area (Å²) in [6.45, 7) is 6.10. The molecule has 1 aliphatic rings. The van der Waals surface area contributed by atoms with E-state index in [0.29, 0.717) is 13.0 Å². The zero-order valence-electron chi connectivity index (χ0n) is 13.6. The number of halogens is 1. The molecule has 126 valence electrons. The summed E-state index contributed by atoms with van der Waals surface area (Å²) in [5, 5.41) is 9.58. The van der Waals surface area contributed by atoms with Crippen LogP contribution >= 0.6 is 22.6 Å². The molecule has 1 amide bonds. The van der Waals surface area contributed by atoms with E-state index >= 15 is 0 Å². The predicted molar refractivity (Wildman–Crippen MR) is 95.4 cm³/mol. The molecule has 6 heteroatoms. The normalized spacial score (nSPS) is 21.8. The lowest BCUT2D eigenvalue weighted by molar-refractivity contribution is -0.144. The Morgan fingerprint density at radius 3 is 2.39 bits per heavy atom. The Labute approximate surface area is 150 Å². The third-order valence-electron chi connectivity index (χ3n) is 3.88. The van der Waals surface area contributed by atoms with Crippen molar-refractivity contribution in [2.24, 2.45) is 5.92 Å². The number of hydrogen-bond acceptors (Lipinski definition) is 3. The molecule has 0 spiro atoms. The van der Waals surface area contributed by atoms with Crippen LogP contribution < -0.4 is 0 Å². The van der Waals surface area contributed by atoms with Crippen LogP contribution in [0.5, 0.6) is 0 Å². The molecule has 0 saturated carbocycles. The first kappa shape index (κ1) is 18.0. The minimum absolute atomic E-state index is 0.0804. The average molecular weight is 431 g/mol. The molecule has 1 aromatic rings. The van der Waals surface area contributed by atoms with Crippen LogP contribution in [-0.4, -0.2) is 40.8 Å². The number of likely N-dealkylation sites (tertiary alicyclic amines) is 1. The van der Waals surface area contributed by atoms with Gasteiger partial charge in [0.05, 0.1) is 5.92 Å². The number of aliphatic carboxylic acids is 1. The van der Waals surface area contributed by atoms with E-state index in [1.807, 2.05) is 24.3 Å². The van der Waals surface area contributed by atoms with Gasteiger partial charge in [0.2, 0.25) is 0 Å². The Hall–Kier alpha value is -1.31. The summed E-state index contributed by atoms with van der Waals surface area (Å²) in [6.07, 6.45) is 0.182. The Kier molecular flexibility index (Phi) is 5.54. The van der Waals surface area contributed by atoms with Gasteiger partial charge in [-0.1, -0.05) is 12.1 Å². The van der Waals surface area contributed by atoms with E-state index in [0.717, 1.165) is 9.13 Å². The van der Waals surface area contributed by atoms with E-state index in [2.05, 4.69) is 22.6 Å². The van der Waals surface area contributed by atoms with Crippen LogP contribution in [0.2, 0.25) is 0 Å². The fraction of sp³-hybridized carbons (Fsp3) is 0.529. The number of nitrogens with zero attached hydrogens (tertiary/aromatic N) is 1. The summed E-state index contributed by atoms with van der Waals surface area (Å²) < 4.78 is 6.47. The topological polar surface area (TPSA) is 66.8 Å². The molecule has 0 unspecified atom stereocenters. The quantitative estimate of drug-likeness (QED) is 0.726. The summed E-state index contributed by atoms with van der Waals surface area (Å²) in [7, 11) is 0. The number of hydrogen-bond donors (Lipinski definition) is 1. The SMILES string of the molecule is CC(C)(C)OC(=O)N1CC[C@@H](c2ccc(I)cc2)[C@H](C(=O)O)C1. The summed E-state index contributed by atoms with van der Waals surface area (Å²) in [5.74, 6) is -1.57. The summed E-state index contributed by atoms with van der Waals surface area (Å²) >= 11 is 2.22. The molecule has 1 fully saturated rings. The van der Waals surface area contributed by atoms with Gasteiger partial charge in [0, 0.05) is 22.6 Å². The molecule has 5 nitrogen and oxygen atoms in total. The van der Waals surface area contributed by atoms with Crippen LogP contribution in [0.1, 0.15) is 38.7 Å². The van der Waals surface area contributed by atoms with Gasteiger partial charge in [-0.15, -0.1) is 0 Å². The second-order valence-corrected chi connectivity index (χ2v) is 8.06. The Morgan fingerprint density at radius 2 is 1.87 bits per heavy atom. The number of amides is 1. The number of carboxylic acid groups (broad SMARTS) is 1. The molecule has 1 aromatic carbocycles. The zero-order chi connectivity index (χ0) is 17.2. The second kappa shape index (κ2) is 7.07. The number of benzene rings is 1. The van der Waals surface area contributed by atoms with Gasteiger partial charge in [-0.25, -0.2) is 4.79 Å². The monoisotopic (exact) mass is 431 g/mol. The maximum Gasteiger partial charge on any atom is 0.410 e. The number of carbonyl (C=O) groups excluding carboxylic acids is 1. The van der Waals surface area contributed by atoms with Crippen molar-refractivity contribution in [1.82, 2.24) is 4.90 Å². The molecule has 1 saturated heterocycles. The summed E-state index contributed by atoms with van der Waals surface area (Å²) in [5.41, 5.74) is 0.435. The van der Waals surface area contributed by atoms with Crippen molar-refractivity contribution in [3.8, 4) is 0 Å². The third-order valence-corrected chi connectivity index (χ3v) is 4.60. The van der Waals surface area contributed by atoms with Crippen molar-refractivity contribution in [2.75, 3.05) is 13.1 Å². The van der Waals surface area contributed by atoms with E-state index in [9.17, 15) is 14.7 Å². The van der Waals surface area contributed by atoms with E-state index in [1.54, 1.807) is 20.8 Å². The second-order valence-electron chi connectivity index (χ2n) is 6.82. The predicted octanol–water partition coefficient (Wildman–Crippen LogP) is 3.72. The van der Waals surface area contributed by atoms with Crippen LogP contribution in [0.3, 0.4) is 0 Å². The molecule has 0 radical (unpaired) electrons. The molecule has 23 heavy (non-hydrogen) atoms. The molecule has 2 rings (SSSR count). The van der Waals surface area contributed by atoms with Gasteiger partial charge >= 0.3 is 12.1 Å². The highest BCUT2D eigenvalue weighted by molar-refractivity contribution is 14.1. The van der Waals surface area contributed by atoms with E-state index in [-0.39, 0.29) is 12.5 Å². The largest absolute Gasteiger partial charge is 0.481 e. The molecule has 0 aromatic heterocycles. The van der Waals surface area contributed by atoms with Crippen molar-refractivity contribution >= 4 is 34.7 Å². The van der Waals surface area contributed by atoms with E-state index in [4.69, 9.17) is 4.74 Å². The van der Waals surface area contributed by atoms with Gasteiger partial charge in [-0.05, 0) is 67.5 Å². The minimum atomic E-state index is -0.873. The highest BCUT2D eigenvalue weighted by Crippen LogP contribution is 2.34. The Morgan fingerprint density at radius 1 is 1.26 bits per heavy atom. The van der Waals surface area contributed by atoms with Crippen LogP contribution in [0.25, 0.3) is 0 Å². The zero-order valence-corrected chi connectivity index (χ0v) is 15.7. The van der Waals surface area contributed by atoms with E-state index in [1.165, 1.54) is 4.90 Å². The van der Waals surface area contributed by atoms with Gasteiger partial charge in [-0.2, -0.15) is 0 Å². The number of ether oxygens (including phenoxy) is 1. The summed E-state index contributed by atoms with van der Waals surface area (Å²) in [4.78, 5) is 25.4.